The van der Waals surface area contributed by atoms with Gasteiger partial charge in [0.2, 0.25) is 0 Å². The molecular formula is C32H22O2S3. The van der Waals surface area contributed by atoms with Gasteiger partial charge >= 0.3 is 0 Å². The average molecular weight is 535 g/mol. The molecule has 7 aromatic rings. The van der Waals surface area contributed by atoms with Crippen molar-refractivity contribution in [2.45, 2.75) is 13.2 Å². The van der Waals surface area contributed by atoms with Gasteiger partial charge in [-0.1, -0.05) is 72.8 Å². The lowest BCUT2D eigenvalue weighted by Crippen LogP contribution is -1.98. The van der Waals surface area contributed by atoms with E-state index < -0.39 is 0 Å². The Morgan fingerprint density at radius 1 is 0.568 bits per heavy atom. The van der Waals surface area contributed by atoms with Gasteiger partial charge in [-0.2, -0.15) is 0 Å². The molecule has 0 fully saturated rings. The smallest absolute Gasteiger partial charge is 0.0867 e. The maximum atomic E-state index is 10.6. The Morgan fingerprint density at radius 2 is 1.05 bits per heavy atom. The SMILES string of the molecule is OCc1cc(-c2cccc3c2sc2ccccc23)c(COS)cc1-c1cccc2c1sc1ccccc12. The molecule has 0 saturated heterocycles. The van der Waals surface area contributed by atoms with Crippen LogP contribution in [0.3, 0.4) is 0 Å². The summed E-state index contributed by atoms with van der Waals surface area (Å²) in [6.07, 6.45) is 0. The summed E-state index contributed by atoms with van der Waals surface area (Å²) < 4.78 is 10.4. The summed E-state index contributed by atoms with van der Waals surface area (Å²) in [6, 6.07) is 34.3. The molecule has 0 amide bonds. The Balaban J connectivity index is 1.49. The topological polar surface area (TPSA) is 29.5 Å². The normalized spacial score (nSPS) is 11.8. The lowest BCUT2D eigenvalue weighted by atomic mass is 9.90. The van der Waals surface area contributed by atoms with Crippen molar-refractivity contribution in [2.75, 3.05) is 0 Å². The van der Waals surface area contributed by atoms with Crippen LogP contribution < -0.4 is 0 Å². The Bertz CT molecular complexity index is 1950. The molecule has 0 atom stereocenters. The third-order valence-corrected chi connectivity index (χ3v) is 9.68. The minimum atomic E-state index is -0.0476. The van der Waals surface area contributed by atoms with Crippen molar-refractivity contribution in [1.82, 2.24) is 0 Å². The van der Waals surface area contributed by atoms with Crippen molar-refractivity contribution in [2.24, 2.45) is 0 Å². The Kier molecular flexibility index (Phi) is 5.76. The second-order valence-corrected chi connectivity index (χ2v) is 11.5. The summed E-state index contributed by atoms with van der Waals surface area (Å²) >= 11 is 7.73. The van der Waals surface area contributed by atoms with Crippen molar-refractivity contribution in [3.63, 3.8) is 0 Å². The predicted molar refractivity (Wildman–Crippen MR) is 163 cm³/mol. The molecule has 5 heteroatoms. The van der Waals surface area contributed by atoms with Crippen molar-refractivity contribution in [3.8, 4) is 22.3 Å². The van der Waals surface area contributed by atoms with Gasteiger partial charge in [-0.05, 0) is 70.6 Å². The fourth-order valence-corrected chi connectivity index (χ4v) is 8.03. The van der Waals surface area contributed by atoms with Crippen molar-refractivity contribution < 1.29 is 9.29 Å². The van der Waals surface area contributed by atoms with Gasteiger partial charge in [0.15, 0.2) is 0 Å². The highest BCUT2D eigenvalue weighted by Crippen LogP contribution is 2.45. The van der Waals surface area contributed by atoms with Gasteiger partial charge in [0.1, 0.15) is 0 Å². The van der Waals surface area contributed by atoms with E-state index in [0.717, 1.165) is 33.4 Å². The van der Waals surface area contributed by atoms with E-state index in [0.29, 0.717) is 6.61 Å². The fraction of sp³-hybridized carbons (Fsp3) is 0.0625. The van der Waals surface area contributed by atoms with Crippen molar-refractivity contribution in [3.05, 3.63) is 108 Å². The first kappa shape index (κ1) is 23.0. The molecule has 0 aliphatic rings. The minimum Gasteiger partial charge on any atom is -0.392 e. The summed E-state index contributed by atoms with van der Waals surface area (Å²) in [5.41, 5.74) is 6.34. The Morgan fingerprint density at radius 3 is 1.59 bits per heavy atom. The van der Waals surface area contributed by atoms with Crippen LogP contribution in [0, 0.1) is 0 Å². The molecule has 2 heterocycles. The van der Waals surface area contributed by atoms with Crippen LogP contribution in [0.2, 0.25) is 0 Å². The lowest BCUT2D eigenvalue weighted by molar-refractivity contribution is 0.282. The van der Waals surface area contributed by atoms with Crippen molar-refractivity contribution in [1.29, 1.82) is 0 Å². The van der Waals surface area contributed by atoms with Gasteiger partial charge in [-0.25, -0.2) is 0 Å². The molecule has 180 valence electrons. The molecule has 0 saturated carbocycles. The van der Waals surface area contributed by atoms with Crippen LogP contribution in [-0.2, 0) is 17.4 Å². The number of aliphatic hydroxyl groups is 1. The molecule has 0 spiro atoms. The molecule has 7 rings (SSSR count). The molecule has 5 aromatic carbocycles. The van der Waals surface area contributed by atoms with E-state index >= 15 is 0 Å². The highest BCUT2D eigenvalue weighted by atomic mass is 32.1. The summed E-state index contributed by atoms with van der Waals surface area (Å²) in [5.74, 6) is 0. The van der Waals surface area contributed by atoms with E-state index in [1.54, 1.807) is 11.3 Å². The van der Waals surface area contributed by atoms with Crippen LogP contribution in [0.5, 0.6) is 0 Å². The molecule has 2 aromatic heterocycles. The molecule has 0 aliphatic heterocycles. The maximum Gasteiger partial charge on any atom is 0.0867 e. The third kappa shape index (κ3) is 3.69. The van der Waals surface area contributed by atoms with E-state index in [2.05, 4.69) is 110 Å². The first-order valence-corrected chi connectivity index (χ1v) is 14.1. The number of benzene rings is 5. The number of thiol groups is 1. The molecule has 0 radical (unpaired) electrons. The second-order valence-electron chi connectivity index (χ2n) is 9.16. The Hall–Kier alpha value is -3.19. The first-order valence-electron chi connectivity index (χ1n) is 12.1. The zero-order chi connectivity index (χ0) is 24.9. The van der Waals surface area contributed by atoms with E-state index in [4.69, 9.17) is 4.18 Å². The van der Waals surface area contributed by atoms with Crippen LogP contribution in [0.1, 0.15) is 11.1 Å². The number of thiophene rings is 2. The number of fused-ring (bicyclic) bond motifs is 6. The molecule has 0 bridgehead atoms. The minimum absolute atomic E-state index is 0.0476. The van der Waals surface area contributed by atoms with Crippen molar-refractivity contribution >= 4 is 75.9 Å². The van der Waals surface area contributed by atoms with Gasteiger partial charge in [0.05, 0.1) is 13.2 Å². The van der Waals surface area contributed by atoms with E-state index in [1.165, 1.54) is 40.3 Å². The van der Waals surface area contributed by atoms with Gasteiger partial charge in [-0.3, -0.25) is 0 Å². The average Bonchev–Trinajstić information content (AvgIpc) is 3.51. The zero-order valence-corrected chi connectivity index (χ0v) is 22.3. The molecule has 0 unspecified atom stereocenters. The fourth-order valence-electron chi connectivity index (χ4n) is 5.43. The van der Waals surface area contributed by atoms with E-state index in [1.807, 2.05) is 11.3 Å². The van der Waals surface area contributed by atoms with Crippen LogP contribution in [0.15, 0.2) is 97.1 Å². The van der Waals surface area contributed by atoms with E-state index in [-0.39, 0.29) is 6.61 Å². The maximum absolute atomic E-state index is 10.6. The summed E-state index contributed by atoms with van der Waals surface area (Å²) in [7, 11) is 0. The Labute approximate surface area is 228 Å². The highest BCUT2D eigenvalue weighted by Gasteiger charge is 2.19. The summed E-state index contributed by atoms with van der Waals surface area (Å²) in [6.45, 7) is 0.314. The molecule has 0 aliphatic carbocycles. The van der Waals surface area contributed by atoms with Crippen LogP contribution in [0.4, 0.5) is 0 Å². The standard InChI is InChI=1S/C32H22O2S3/c33-17-19-15-28(26-12-6-10-24-22-8-2-4-14-30(22)37-32(24)26)20(18-34-35)16-27(19)25-11-5-9-23-21-7-1-3-13-29(21)36-31(23)25/h1-16,33,35H,17-18H2. The van der Waals surface area contributed by atoms with E-state index in [9.17, 15) is 5.11 Å². The monoisotopic (exact) mass is 534 g/mol. The predicted octanol–water partition coefficient (Wildman–Crippen LogP) is 9.61. The molecular weight excluding hydrogens is 513 g/mol. The molecule has 1 N–H and O–H groups in total. The molecule has 37 heavy (non-hydrogen) atoms. The number of hydrogen-bond acceptors (Lipinski definition) is 5. The van der Waals surface area contributed by atoms with Gasteiger partial charge in [0.25, 0.3) is 0 Å². The number of aliphatic hydroxyl groups excluding tert-OH is 1. The zero-order valence-electron chi connectivity index (χ0n) is 19.8. The number of rotatable bonds is 5. The van der Waals surface area contributed by atoms with Crippen LogP contribution >= 0.6 is 35.6 Å². The van der Waals surface area contributed by atoms with Crippen LogP contribution in [0.25, 0.3) is 62.6 Å². The van der Waals surface area contributed by atoms with Gasteiger partial charge < -0.3 is 9.29 Å². The highest BCUT2D eigenvalue weighted by molar-refractivity contribution is 7.75. The molecule has 2 nitrogen and oxygen atoms in total. The van der Waals surface area contributed by atoms with Crippen LogP contribution in [-0.4, -0.2) is 5.11 Å². The first-order chi connectivity index (χ1) is 18.3. The summed E-state index contributed by atoms with van der Waals surface area (Å²) in [5, 5.41) is 15.6. The largest absolute Gasteiger partial charge is 0.392 e. The third-order valence-electron chi connectivity index (χ3n) is 7.11. The summed E-state index contributed by atoms with van der Waals surface area (Å²) in [4.78, 5) is 0. The number of hydrogen-bond donors (Lipinski definition) is 2. The lowest BCUT2D eigenvalue weighted by Gasteiger charge is -2.17. The van der Waals surface area contributed by atoms with Gasteiger partial charge in [0, 0.05) is 40.3 Å². The van der Waals surface area contributed by atoms with Gasteiger partial charge in [-0.15, -0.1) is 22.7 Å². The quantitative estimate of drug-likeness (QED) is 0.170. The second kappa shape index (κ2) is 9.28.